The van der Waals surface area contributed by atoms with E-state index < -0.39 is 0 Å². The minimum absolute atomic E-state index is 0.579. The van der Waals surface area contributed by atoms with E-state index in [-0.39, 0.29) is 0 Å². The molecule has 0 nitrogen and oxygen atoms in total. The molecule has 114 valence electrons. The highest BCUT2D eigenvalue weighted by molar-refractivity contribution is 5.34. The zero-order valence-corrected chi connectivity index (χ0v) is 13.8. The molecule has 0 N–H and O–H groups in total. The Morgan fingerprint density at radius 1 is 1.00 bits per heavy atom. The van der Waals surface area contributed by atoms with Gasteiger partial charge in [0.05, 0.1) is 0 Å². The van der Waals surface area contributed by atoms with Crippen LogP contribution in [0.1, 0.15) is 90.9 Å². The topological polar surface area (TPSA) is 0 Å². The molecule has 0 bridgehead atoms. The molecule has 20 heavy (non-hydrogen) atoms. The molecule has 2 aliphatic carbocycles. The van der Waals surface area contributed by atoms with Crippen molar-refractivity contribution in [1.82, 2.24) is 0 Å². The quantitative estimate of drug-likeness (QED) is 0.495. The van der Waals surface area contributed by atoms with Crippen LogP contribution >= 0.6 is 0 Å². The largest absolute Gasteiger partial charge is 0.0885 e. The first-order chi connectivity index (χ1) is 9.77. The molecule has 0 aromatic rings. The maximum Gasteiger partial charge on any atom is -0.00135 e. The fourth-order valence-electron chi connectivity index (χ4n) is 3.73. The molecule has 2 aliphatic rings. The van der Waals surface area contributed by atoms with Crippen LogP contribution in [0, 0.1) is 11.3 Å². The lowest BCUT2D eigenvalue weighted by Gasteiger charge is -2.17. The summed E-state index contributed by atoms with van der Waals surface area (Å²) in [6.45, 7) is 4.77. The smallest absolute Gasteiger partial charge is 0.00135 e. The highest BCUT2D eigenvalue weighted by Crippen LogP contribution is 2.59. The molecule has 0 spiro atoms. The second kappa shape index (κ2) is 8.05. The molecular weight excluding hydrogens is 240 g/mol. The van der Waals surface area contributed by atoms with Gasteiger partial charge in [-0.1, -0.05) is 69.8 Å². The number of hydrogen-bond donors (Lipinski definition) is 0. The maximum atomic E-state index is 2.60. The van der Waals surface area contributed by atoms with Gasteiger partial charge in [0.15, 0.2) is 0 Å². The molecule has 0 saturated heterocycles. The molecule has 0 aromatic carbocycles. The standard InChI is InChI=1S/C20H34/c1-3-18(2)16-20-15-13-11-9-7-5-4-6-8-10-12-14-19(20)17-20/h11,13-14,18H,3-10,12,15-17H2,1-2H3. The molecule has 1 saturated carbocycles. The van der Waals surface area contributed by atoms with E-state index in [1.54, 1.807) is 5.57 Å². The van der Waals surface area contributed by atoms with Crippen LogP contribution in [0.3, 0.4) is 0 Å². The Kier molecular flexibility index (Phi) is 6.39. The summed E-state index contributed by atoms with van der Waals surface area (Å²) < 4.78 is 0. The van der Waals surface area contributed by atoms with Crippen molar-refractivity contribution in [2.75, 3.05) is 0 Å². The van der Waals surface area contributed by atoms with E-state index in [1.165, 1.54) is 77.0 Å². The summed E-state index contributed by atoms with van der Waals surface area (Å²) in [5.41, 5.74) is 2.37. The Labute approximate surface area is 126 Å². The van der Waals surface area contributed by atoms with Gasteiger partial charge in [-0.05, 0) is 56.3 Å². The van der Waals surface area contributed by atoms with Crippen LogP contribution in [-0.4, -0.2) is 0 Å². The molecule has 0 aromatic heterocycles. The van der Waals surface area contributed by atoms with E-state index in [9.17, 15) is 0 Å². The zero-order valence-electron chi connectivity index (χ0n) is 13.8. The maximum absolute atomic E-state index is 2.60. The van der Waals surface area contributed by atoms with Crippen molar-refractivity contribution >= 4 is 0 Å². The summed E-state index contributed by atoms with van der Waals surface area (Å²) in [6.07, 6.45) is 24.2. The molecule has 0 radical (unpaired) electrons. The van der Waals surface area contributed by atoms with Gasteiger partial charge in [0, 0.05) is 0 Å². The van der Waals surface area contributed by atoms with Gasteiger partial charge in [-0.2, -0.15) is 0 Å². The number of hydrogen-bond acceptors (Lipinski definition) is 0. The summed E-state index contributed by atoms with van der Waals surface area (Å²) in [4.78, 5) is 0. The Hall–Kier alpha value is -0.520. The first-order valence-corrected chi connectivity index (χ1v) is 9.11. The van der Waals surface area contributed by atoms with Gasteiger partial charge in [0.25, 0.3) is 0 Å². The van der Waals surface area contributed by atoms with E-state index in [2.05, 4.69) is 32.1 Å². The van der Waals surface area contributed by atoms with E-state index >= 15 is 0 Å². The number of allylic oxidation sites excluding steroid dienone is 4. The van der Waals surface area contributed by atoms with Gasteiger partial charge < -0.3 is 0 Å². The average molecular weight is 274 g/mol. The molecule has 0 heteroatoms. The Morgan fingerprint density at radius 2 is 1.70 bits per heavy atom. The van der Waals surface area contributed by atoms with E-state index in [1.807, 2.05) is 0 Å². The van der Waals surface area contributed by atoms with Crippen LogP contribution in [-0.2, 0) is 0 Å². The van der Waals surface area contributed by atoms with Crippen molar-refractivity contribution in [1.29, 1.82) is 0 Å². The molecule has 2 rings (SSSR count). The summed E-state index contributed by atoms with van der Waals surface area (Å²) in [5.74, 6) is 0.883. The lowest BCUT2D eigenvalue weighted by atomic mass is 9.87. The van der Waals surface area contributed by atoms with Gasteiger partial charge in [-0.3, -0.25) is 0 Å². The first kappa shape index (κ1) is 15.9. The third kappa shape index (κ3) is 4.79. The second-order valence-electron chi connectivity index (χ2n) is 7.28. The molecular formula is C20H34. The van der Waals surface area contributed by atoms with Gasteiger partial charge in [0.2, 0.25) is 0 Å². The van der Waals surface area contributed by atoms with Crippen LogP contribution in [0.15, 0.2) is 23.8 Å². The van der Waals surface area contributed by atoms with Crippen molar-refractivity contribution in [3.05, 3.63) is 23.8 Å². The van der Waals surface area contributed by atoms with Gasteiger partial charge >= 0.3 is 0 Å². The van der Waals surface area contributed by atoms with Crippen LogP contribution in [0.2, 0.25) is 0 Å². The monoisotopic (exact) mass is 274 g/mol. The predicted octanol–water partition coefficient (Wildman–Crippen LogP) is 6.82. The first-order valence-electron chi connectivity index (χ1n) is 9.11. The average Bonchev–Trinajstić information content (AvgIpc) is 3.12. The summed E-state index contributed by atoms with van der Waals surface area (Å²) in [7, 11) is 0. The third-order valence-electron chi connectivity index (χ3n) is 5.41. The summed E-state index contributed by atoms with van der Waals surface area (Å²) in [5, 5.41) is 0. The van der Waals surface area contributed by atoms with Crippen molar-refractivity contribution in [3.8, 4) is 0 Å². The Bertz CT molecular complexity index is 336. The zero-order chi connectivity index (χ0) is 14.3. The molecule has 0 aliphatic heterocycles. The Balaban J connectivity index is 1.94. The normalized spacial score (nSPS) is 30.0. The Morgan fingerprint density at radius 3 is 2.45 bits per heavy atom. The lowest BCUT2D eigenvalue weighted by Crippen LogP contribution is -2.06. The number of fused-ring (bicyclic) bond motifs is 1. The van der Waals surface area contributed by atoms with Gasteiger partial charge in [-0.15, -0.1) is 0 Å². The fraction of sp³-hybridized carbons (Fsp3) is 0.800. The minimum Gasteiger partial charge on any atom is -0.0885 e. The van der Waals surface area contributed by atoms with E-state index in [0.717, 1.165) is 5.92 Å². The molecule has 0 amide bonds. The lowest BCUT2D eigenvalue weighted by molar-refractivity contribution is 0.380. The summed E-state index contributed by atoms with van der Waals surface area (Å²) in [6, 6.07) is 0. The number of rotatable bonds is 3. The van der Waals surface area contributed by atoms with E-state index in [4.69, 9.17) is 0 Å². The highest BCUT2D eigenvalue weighted by atomic mass is 14.5. The van der Waals surface area contributed by atoms with Crippen molar-refractivity contribution < 1.29 is 0 Å². The molecule has 2 atom stereocenters. The van der Waals surface area contributed by atoms with Crippen LogP contribution < -0.4 is 0 Å². The van der Waals surface area contributed by atoms with E-state index in [0.29, 0.717) is 5.41 Å². The minimum atomic E-state index is 0.579. The molecule has 2 unspecified atom stereocenters. The fourth-order valence-corrected chi connectivity index (χ4v) is 3.73. The predicted molar refractivity (Wildman–Crippen MR) is 89.9 cm³/mol. The van der Waals surface area contributed by atoms with Crippen LogP contribution in [0.25, 0.3) is 0 Å². The van der Waals surface area contributed by atoms with Gasteiger partial charge in [-0.25, -0.2) is 0 Å². The summed E-state index contributed by atoms with van der Waals surface area (Å²) >= 11 is 0. The van der Waals surface area contributed by atoms with Crippen molar-refractivity contribution in [3.63, 3.8) is 0 Å². The van der Waals surface area contributed by atoms with Crippen molar-refractivity contribution in [2.24, 2.45) is 11.3 Å². The SMILES string of the molecule is CCC(C)CC12CC=CCCCCCCCCC=C1C2. The van der Waals surface area contributed by atoms with Gasteiger partial charge in [0.1, 0.15) is 0 Å². The molecule has 0 heterocycles. The van der Waals surface area contributed by atoms with Crippen LogP contribution in [0.4, 0.5) is 0 Å². The third-order valence-corrected chi connectivity index (χ3v) is 5.41. The molecule has 1 fully saturated rings. The van der Waals surface area contributed by atoms with Crippen LogP contribution in [0.5, 0.6) is 0 Å². The second-order valence-corrected chi connectivity index (χ2v) is 7.28. The van der Waals surface area contributed by atoms with Crippen molar-refractivity contribution in [2.45, 2.75) is 90.9 Å². The highest BCUT2D eigenvalue weighted by Gasteiger charge is 2.47.